The highest BCUT2D eigenvalue weighted by Crippen LogP contribution is 2.56. The predicted molar refractivity (Wildman–Crippen MR) is 115 cm³/mol. The third-order valence-corrected chi connectivity index (χ3v) is 8.06. The molecule has 0 aromatic heterocycles. The van der Waals surface area contributed by atoms with Crippen LogP contribution >= 0.6 is 11.8 Å². The van der Waals surface area contributed by atoms with Gasteiger partial charge in [-0.3, -0.25) is 9.69 Å². The van der Waals surface area contributed by atoms with Gasteiger partial charge in [0.1, 0.15) is 0 Å². The number of allylic oxidation sites excluding steroid dienone is 1. The largest absolute Gasteiger partial charge is 0.396 e. The van der Waals surface area contributed by atoms with Crippen molar-refractivity contribution in [2.24, 2.45) is 17.8 Å². The fraction of sp³-hybridized carbons (Fsp3) is 0.609. The first-order valence-corrected chi connectivity index (χ1v) is 11.6. The number of aliphatic hydroxyl groups is 1. The van der Waals surface area contributed by atoms with E-state index >= 15 is 0 Å². The average Bonchev–Trinajstić information content (AvgIpc) is 3.33. The minimum absolute atomic E-state index is 0.172. The maximum Gasteiger partial charge on any atom is 0.183 e. The molecule has 0 amide bonds. The molecule has 5 heteroatoms. The number of hydrogen-bond donors (Lipinski definition) is 1. The zero-order chi connectivity index (χ0) is 19.7. The molecule has 1 aromatic carbocycles. The topological polar surface area (TPSA) is 43.8 Å². The lowest BCUT2D eigenvalue weighted by Gasteiger charge is -2.51. The normalized spacial score (nSPS) is 32.9. The monoisotopic (exact) mass is 400 g/mol. The summed E-state index contributed by atoms with van der Waals surface area (Å²) in [6.45, 7) is 6.43. The highest BCUT2D eigenvalue weighted by Gasteiger charge is 2.62. The first-order valence-electron chi connectivity index (χ1n) is 10.6. The Hall–Kier alpha value is -1.14. The van der Waals surface area contributed by atoms with E-state index in [4.69, 9.17) is 5.11 Å². The predicted octanol–water partition coefficient (Wildman–Crippen LogP) is 3.17. The van der Waals surface area contributed by atoms with Gasteiger partial charge in [0.15, 0.2) is 5.78 Å². The van der Waals surface area contributed by atoms with Crippen molar-refractivity contribution in [2.75, 3.05) is 45.6 Å². The van der Waals surface area contributed by atoms with Gasteiger partial charge in [-0.15, -0.1) is 11.8 Å². The second-order valence-corrected chi connectivity index (χ2v) is 9.62. The van der Waals surface area contributed by atoms with Crippen LogP contribution in [-0.2, 0) is 0 Å². The highest BCUT2D eigenvalue weighted by molar-refractivity contribution is 7.99. The number of nitrogens with zero attached hydrogens (tertiary/aromatic N) is 2. The van der Waals surface area contributed by atoms with E-state index in [1.807, 2.05) is 24.3 Å². The van der Waals surface area contributed by atoms with Crippen molar-refractivity contribution in [1.29, 1.82) is 0 Å². The van der Waals surface area contributed by atoms with Gasteiger partial charge in [0.05, 0.1) is 12.1 Å². The molecule has 2 aliphatic carbocycles. The highest BCUT2D eigenvalue weighted by atomic mass is 32.2. The SMILES string of the molecule is CCC1C2C=CC(C2)C1(C(=O)c1ccc(SCCO)cc1)N1CCN(C)CC1. The Morgan fingerprint density at radius 2 is 1.89 bits per heavy atom. The molecule has 0 spiro atoms. The van der Waals surface area contributed by atoms with Crippen LogP contribution in [0.15, 0.2) is 41.3 Å². The van der Waals surface area contributed by atoms with Crippen molar-refractivity contribution in [1.82, 2.24) is 9.80 Å². The Morgan fingerprint density at radius 3 is 2.54 bits per heavy atom. The van der Waals surface area contributed by atoms with Crippen LogP contribution in [0.1, 0.15) is 30.1 Å². The number of carbonyl (C=O) groups is 1. The number of ketones is 1. The van der Waals surface area contributed by atoms with Crippen LogP contribution in [0.3, 0.4) is 0 Å². The van der Waals surface area contributed by atoms with E-state index in [0.717, 1.165) is 49.5 Å². The maximum absolute atomic E-state index is 14.1. The molecule has 4 nitrogen and oxygen atoms in total. The summed E-state index contributed by atoms with van der Waals surface area (Å²) in [6, 6.07) is 8.08. The molecule has 1 N–H and O–H groups in total. The van der Waals surface area contributed by atoms with Crippen molar-refractivity contribution in [3.63, 3.8) is 0 Å². The number of carbonyl (C=O) groups excluding carboxylic acids is 1. The molecule has 1 aliphatic heterocycles. The molecule has 4 atom stereocenters. The number of thioether (sulfide) groups is 1. The van der Waals surface area contributed by atoms with Crippen LogP contribution in [0.25, 0.3) is 0 Å². The third kappa shape index (κ3) is 3.26. The third-order valence-electron chi connectivity index (χ3n) is 7.07. The lowest BCUT2D eigenvalue weighted by molar-refractivity contribution is -0.00200. The van der Waals surface area contributed by atoms with Crippen molar-refractivity contribution >= 4 is 17.5 Å². The van der Waals surface area contributed by atoms with Gasteiger partial charge in [-0.25, -0.2) is 0 Å². The van der Waals surface area contributed by atoms with E-state index in [0.29, 0.717) is 29.3 Å². The Kier molecular flexibility index (Phi) is 5.98. The van der Waals surface area contributed by atoms with E-state index in [9.17, 15) is 4.79 Å². The molecule has 3 aliphatic rings. The molecule has 1 saturated carbocycles. The molecule has 152 valence electrons. The number of hydrogen-bond acceptors (Lipinski definition) is 5. The lowest BCUT2D eigenvalue weighted by atomic mass is 9.68. The van der Waals surface area contributed by atoms with Gasteiger partial charge in [-0.2, -0.15) is 0 Å². The molecule has 28 heavy (non-hydrogen) atoms. The van der Waals surface area contributed by atoms with Gasteiger partial charge in [-0.05, 0) is 37.4 Å². The number of piperazine rings is 1. The van der Waals surface area contributed by atoms with Crippen molar-refractivity contribution < 1.29 is 9.90 Å². The Morgan fingerprint density at radius 1 is 1.18 bits per heavy atom. The minimum atomic E-state index is -0.380. The van der Waals surface area contributed by atoms with Crippen molar-refractivity contribution in [3.05, 3.63) is 42.0 Å². The van der Waals surface area contributed by atoms with Crippen LogP contribution in [0.5, 0.6) is 0 Å². The zero-order valence-electron chi connectivity index (χ0n) is 17.0. The van der Waals surface area contributed by atoms with Gasteiger partial charge >= 0.3 is 0 Å². The van der Waals surface area contributed by atoms with E-state index < -0.39 is 0 Å². The first kappa shape index (κ1) is 20.1. The molecule has 2 fully saturated rings. The second-order valence-electron chi connectivity index (χ2n) is 8.45. The number of aliphatic hydroxyl groups excluding tert-OH is 1. The van der Waals surface area contributed by atoms with Crippen molar-refractivity contribution in [2.45, 2.75) is 30.2 Å². The number of rotatable bonds is 7. The minimum Gasteiger partial charge on any atom is -0.396 e. The van der Waals surface area contributed by atoms with E-state index in [1.165, 1.54) is 0 Å². The summed E-state index contributed by atoms with van der Waals surface area (Å²) < 4.78 is 0. The smallest absolute Gasteiger partial charge is 0.183 e. The molecule has 4 unspecified atom stereocenters. The number of benzene rings is 1. The van der Waals surface area contributed by atoms with Crippen LogP contribution in [0.2, 0.25) is 0 Å². The Bertz CT molecular complexity index is 727. The molecule has 1 saturated heterocycles. The fourth-order valence-electron chi connectivity index (χ4n) is 5.79. The Balaban J connectivity index is 1.68. The van der Waals surface area contributed by atoms with Gasteiger partial charge in [0.2, 0.25) is 0 Å². The lowest BCUT2D eigenvalue weighted by Crippen LogP contribution is -2.65. The summed E-state index contributed by atoms with van der Waals surface area (Å²) in [6.07, 6.45) is 6.88. The zero-order valence-corrected chi connectivity index (χ0v) is 17.8. The molecular formula is C23H32N2O2S. The molecule has 1 aromatic rings. The van der Waals surface area contributed by atoms with Crippen LogP contribution in [-0.4, -0.2) is 71.8 Å². The van der Waals surface area contributed by atoms with Gasteiger partial charge in [-0.1, -0.05) is 37.6 Å². The quantitative estimate of drug-likeness (QED) is 0.433. The van der Waals surface area contributed by atoms with Crippen LogP contribution in [0.4, 0.5) is 0 Å². The number of Topliss-reactive ketones (excluding diaryl/α,β-unsaturated/α-hetero) is 1. The standard InChI is InChI=1S/C23H32N2O2S/c1-3-21-18-4-7-19(16-18)23(21,25-12-10-24(2)11-13-25)22(27)17-5-8-20(9-6-17)28-15-14-26/h4-9,18-19,21,26H,3,10-16H2,1-2H3. The molecule has 1 heterocycles. The summed E-state index contributed by atoms with van der Waals surface area (Å²) in [7, 11) is 2.17. The summed E-state index contributed by atoms with van der Waals surface area (Å²) >= 11 is 1.63. The second kappa shape index (κ2) is 8.31. The van der Waals surface area contributed by atoms with E-state index in [1.54, 1.807) is 11.8 Å². The average molecular weight is 401 g/mol. The van der Waals surface area contributed by atoms with E-state index in [-0.39, 0.29) is 12.1 Å². The van der Waals surface area contributed by atoms with Crippen molar-refractivity contribution in [3.8, 4) is 0 Å². The summed E-state index contributed by atoms with van der Waals surface area (Å²) in [4.78, 5) is 20.1. The molecule has 4 rings (SSSR count). The van der Waals surface area contributed by atoms with Crippen LogP contribution < -0.4 is 0 Å². The number of fused-ring (bicyclic) bond motifs is 2. The van der Waals surface area contributed by atoms with E-state index in [2.05, 4.69) is 35.9 Å². The van der Waals surface area contributed by atoms with Crippen LogP contribution in [0, 0.1) is 17.8 Å². The summed E-state index contributed by atoms with van der Waals surface area (Å²) in [5.74, 6) is 2.28. The Labute approximate surface area is 173 Å². The van der Waals surface area contributed by atoms with Gasteiger partial charge in [0.25, 0.3) is 0 Å². The molecule has 0 radical (unpaired) electrons. The summed E-state index contributed by atoms with van der Waals surface area (Å²) in [5, 5.41) is 9.04. The van der Waals surface area contributed by atoms with Gasteiger partial charge in [0, 0.05) is 48.3 Å². The summed E-state index contributed by atoms with van der Waals surface area (Å²) in [5.41, 5.74) is 0.460. The first-order chi connectivity index (χ1) is 13.6. The number of likely N-dealkylation sites (N-methyl/N-ethyl adjacent to an activating group) is 1. The fourth-order valence-corrected chi connectivity index (χ4v) is 6.45. The molecule has 2 bridgehead atoms. The molecular weight excluding hydrogens is 368 g/mol. The van der Waals surface area contributed by atoms with Gasteiger partial charge < -0.3 is 10.0 Å². The maximum atomic E-state index is 14.1.